The highest BCUT2D eigenvalue weighted by molar-refractivity contribution is 6.04. The van der Waals surface area contributed by atoms with Gasteiger partial charge < -0.3 is 24.6 Å². The maximum atomic E-state index is 13.3. The van der Waals surface area contributed by atoms with E-state index in [0.717, 1.165) is 12.1 Å². The molecule has 2 aliphatic heterocycles. The smallest absolute Gasteiger partial charge is 0.416 e. The van der Waals surface area contributed by atoms with Crippen LogP contribution < -0.4 is 14.8 Å². The van der Waals surface area contributed by atoms with E-state index < -0.39 is 11.7 Å². The van der Waals surface area contributed by atoms with Crippen LogP contribution in [-0.2, 0) is 6.18 Å². The molecular weight excluding hydrogens is 473 g/mol. The van der Waals surface area contributed by atoms with E-state index in [0.29, 0.717) is 60.5 Å². The van der Waals surface area contributed by atoms with Gasteiger partial charge in [-0.1, -0.05) is 24.3 Å². The number of hydrogen-bond acceptors (Lipinski definition) is 5. The van der Waals surface area contributed by atoms with Crippen LogP contribution in [-0.4, -0.2) is 55.0 Å². The van der Waals surface area contributed by atoms with Gasteiger partial charge in [0, 0.05) is 26.2 Å². The average Bonchev–Trinajstić information content (AvgIpc) is 3.05. The summed E-state index contributed by atoms with van der Waals surface area (Å²) < 4.78 is 51.0. The molecule has 0 bridgehead atoms. The van der Waals surface area contributed by atoms with Crippen molar-refractivity contribution in [3.8, 4) is 17.2 Å². The maximum Gasteiger partial charge on any atom is 0.416 e. The van der Waals surface area contributed by atoms with Crippen LogP contribution in [0.25, 0.3) is 0 Å². The summed E-state index contributed by atoms with van der Waals surface area (Å²) in [5, 5.41) is 2.88. The fraction of sp³-hybridized carbons (Fsp3) is 0.231. The molecule has 2 aliphatic rings. The van der Waals surface area contributed by atoms with Gasteiger partial charge in [0.1, 0.15) is 23.0 Å². The molecular formula is C26H23F3N4O3. The van der Waals surface area contributed by atoms with Crippen molar-refractivity contribution in [3.05, 3.63) is 77.9 Å². The molecule has 0 saturated carbocycles. The first-order chi connectivity index (χ1) is 17.3. The second-order valence-corrected chi connectivity index (χ2v) is 8.32. The van der Waals surface area contributed by atoms with Gasteiger partial charge in [0.2, 0.25) is 0 Å². The van der Waals surface area contributed by atoms with Crippen LogP contribution in [0.4, 0.5) is 29.3 Å². The number of nitrogens with zero attached hydrogens (tertiary/aromatic N) is 3. The van der Waals surface area contributed by atoms with Gasteiger partial charge in [-0.25, -0.2) is 9.79 Å². The number of nitrogens with one attached hydrogen (secondary N) is 1. The van der Waals surface area contributed by atoms with Gasteiger partial charge in [0.25, 0.3) is 0 Å². The molecule has 2 amide bonds. The highest BCUT2D eigenvalue weighted by atomic mass is 19.4. The van der Waals surface area contributed by atoms with Crippen molar-refractivity contribution < 1.29 is 27.4 Å². The van der Waals surface area contributed by atoms with Crippen molar-refractivity contribution in [2.45, 2.75) is 6.18 Å². The molecule has 1 N–H and O–H groups in total. The first kappa shape index (κ1) is 23.5. The highest BCUT2D eigenvalue weighted by Gasteiger charge is 2.33. The fourth-order valence-electron chi connectivity index (χ4n) is 4.20. The molecule has 1 saturated heterocycles. The van der Waals surface area contributed by atoms with Crippen LogP contribution in [0.2, 0.25) is 0 Å². The Kier molecular flexibility index (Phi) is 6.17. The van der Waals surface area contributed by atoms with E-state index in [9.17, 15) is 18.0 Å². The van der Waals surface area contributed by atoms with Crippen molar-refractivity contribution in [1.29, 1.82) is 0 Å². The van der Waals surface area contributed by atoms with E-state index >= 15 is 0 Å². The van der Waals surface area contributed by atoms with E-state index in [4.69, 9.17) is 14.5 Å². The number of piperazine rings is 1. The molecule has 0 aliphatic carbocycles. The third-order valence-corrected chi connectivity index (χ3v) is 6.08. The number of carbonyl (C=O) groups excluding carboxylic acids is 1. The van der Waals surface area contributed by atoms with Gasteiger partial charge in [-0.2, -0.15) is 13.2 Å². The summed E-state index contributed by atoms with van der Waals surface area (Å²) in [7, 11) is 1.54. The van der Waals surface area contributed by atoms with Gasteiger partial charge in [0.05, 0.1) is 23.9 Å². The normalized spacial score (nSPS) is 15.2. The Hall–Kier alpha value is -4.21. The van der Waals surface area contributed by atoms with Crippen molar-refractivity contribution in [1.82, 2.24) is 9.80 Å². The number of urea groups is 1. The summed E-state index contributed by atoms with van der Waals surface area (Å²) in [4.78, 5) is 21.3. The SMILES string of the molecule is COc1ccccc1NC(=O)N1CCN(C2=Nc3ccc(C(F)(F)F)cc3Oc3ccccc32)CC1. The second kappa shape index (κ2) is 9.44. The molecule has 0 spiro atoms. The van der Waals surface area contributed by atoms with Gasteiger partial charge in [0.15, 0.2) is 5.75 Å². The third kappa shape index (κ3) is 4.66. The fourth-order valence-corrected chi connectivity index (χ4v) is 4.20. The first-order valence-electron chi connectivity index (χ1n) is 11.3. The average molecular weight is 496 g/mol. The third-order valence-electron chi connectivity index (χ3n) is 6.08. The minimum absolute atomic E-state index is 0.0436. The van der Waals surface area contributed by atoms with Crippen LogP contribution in [0, 0.1) is 0 Å². The Morgan fingerprint density at radius 2 is 1.69 bits per heavy atom. The molecule has 0 atom stereocenters. The van der Waals surface area contributed by atoms with E-state index in [2.05, 4.69) is 5.32 Å². The number of anilines is 1. The number of methoxy groups -OCH3 is 1. The standard InChI is InChI=1S/C26H23F3N4O3/c1-35-22-9-5-3-7-19(22)31-25(34)33-14-12-32(13-15-33)24-18-6-2-4-8-21(18)36-23-16-17(26(27,28)29)10-11-20(23)30-24/h2-11,16H,12-15H2,1H3,(H,31,34). The van der Waals surface area contributed by atoms with Crippen LogP contribution in [0.15, 0.2) is 71.7 Å². The minimum atomic E-state index is -4.49. The zero-order chi connectivity index (χ0) is 25.3. The number of carbonyl (C=O) groups is 1. The molecule has 3 aromatic carbocycles. The number of rotatable bonds is 2. The molecule has 10 heteroatoms. The van der Waals surface area contributed by atoms with Gasteiger partial charge in [-0.05, 0) is 42.5 Å². The highest BCUT2D eigenvalue weighted by Crippen LogP contribution is 2.42. The Bertz CT molecular complexity index is 1320. The monoisotopic (exact) mass is 496 g/mol. The van der Waals surface area contributed by atoms with Crippen LogP contribution in [0.5, 0.6) is 17.2 Å². The van der Waals surface area contributed by atoms with Gasteiger partial charge in [-0.3, -0.25) is 0 Å². The number of halogens is 3. The van der Waals surface area contributed by atoms with E-state index in [1.165, 1.54) is 6.07 Å². The molecule has 0 radical (unpaired) electrons. The zero-order valence-corrected chi connectivity index (χ0v) is 19.4. The number of para-hydroxylation sites is 3. The number of amides is 2. The van der Waals surface area contributed by atoms with Crippen LogP contribution in [0.3, 0.4) is 0 Å². The first-order valence-corrected chi connectivity index (χ1v) is 11.3. The molecule has 2 heterocycles. The van der Waals surface area contributed by atoms with Gasteiger partial charge in [-0.15, -0.1) is 0 Å². The Morgan fingerprint density at radius 3 is 2.44 bits per heavy atom. The van der Waals surface area contributed by atoms with Crippen molar-refractivity contribution in [2.24, 2.45) is 4.99 Å². The number of fused-ring (bicyclic) bond motifs is 2. The van der Waals surface area contributed by atoms with E-state index in [-0.39, 0.29) is 11.8 Å². The van der Waals surface area contributed by atoms with E-state index in [1.54, 1.807) is 36.3 Å². The van der Waals surface area contributed by atoms with Crippen molar-refractivity contribution in [2.75, 3.05) is 38.6 Å². The van der Waals surface area contributed by atoms with Crippen LogP contribution >= 0.6 is 0 Å². The molecule has 5 rings (SSSR count). The largest absolute Gasteiger partial charge is 0.495 e. The molecule has 36 heavy (non-hydrogen) atoms. The number of amidine groups is 1. The number of alkyl halides is 3. The molecule has 186 valence electrons. The summed E-state index contributed by atoms with van der Waals surface area (Å²) in [5.41, 5.74) is 0.772. The molecule has 1 fully saturated rings. The summed E-state index contributed by atoms with van der Waals surface area (Å²) >= 11 is 0. The maximum absolute atomic E-state index is 13.3. The number of hydrogen-bond donors (Lipinski definition) is 1. The quantitative estimate of drug-likeness (QED) is 0.491. The second-order valence-electron chi connectivity index (χ2n) is 8.32. The minimum Gasteiger partial charge on any atom is -0.495 e. The Labute approximate surface area is 205 Å². The Morgan fingerprint density at radius 1 is 0.972 bits per heavy atom. The summed E-state index contributed by atoms with van der Waals surface area (Å²) in [5.74, 6) is 1.63. The van der Waals surface area contributed by atoms with Crippen molar-refractivity contribution >= 4 is 23.2 Å². The topological polar surface area (TPSA) is 66.4 Å². The summed E-state index contributed by atoms with van der Waals surface area (Å²) in [6.07, 6.45) is -4.49. The lowest BCUT2D eigenvalue weighted by Gasteiger charge is -2.36. The molecule has 3 aromatic rings. The van der Waals surface area contributed by atoms with Crippen LogP contribution in [0.1, 0.15) is 11.1 Å². The predicted octanol–water partition coefficient (Wildman–Crippen LogP) is 5.75. The molecule has 7 nitrogen and oxygen atoms in total. The number of aliphatic imine (C=N–C) groups is 1. The van der Waals surface area contributed by atoms with Crippen molar-refractivity contribution in [3.63, 3.8) is 0 Å². The predicted molar refractivity (Wildman–Crippen MR) is 129 cm³/mol. The molecule has 0 unspecified atom stereocenters. The zero-order valence-electron chi connectivity index (χ0n) is 19.4. The van der Waals surface area contributed by atoms with E-state index in [1.807, 2.05) is 29.2 Å². The Balaban J connectivity index is 1.37. The molecule has 0 aromatic heterocycles. The number of benzene rings is 3. The lowest BCUT2D eigenvalue weighted by Crippen LogP contribution is -2.51. The summed E-state index contributed by atoms with van der Waals surface area (Å²) in [6, 6.07) is 17.3. The summed E-state index contributed by atoms with van der Waals surface area (Å²) in [6.45, 7) is 1.84. The van der Waals surface area contributed by atoms with Gasteiger partial charge >= 0.3 is 12.2 Å². The lowest BCUT2D eigenvalue weighted by molar-refractivity contribution is -0.137. The lowest BCUT2D eigenvalue weighted by atomic mass is 10.1. The number of ether oxygens (including phenoxy) is 2.